The van der Waals surface area contributed by atoms with Gasteiger partial charge in [-0.15, -0.1) is 0 Å². The minimum absolute atomic E-state index is 0.322. The Morgan fingerprint density at radius 3 is 2.47 bits per heavy atom. The van der Waals surface area contributed by atoms with Crippen LogP contribution in [0.15, 0.2) is 42.5 Å². The van der Waals surface area contributed by atoms with Crippen molar-refractivity contribution in [2.45, 2.75) is 20.8 Å². The average Bonchev–Trinajstić information content (AvgIpc) is 2.37. The topological polar surface area (TPSA) is 21.3 Å². The van der Waals surface area contributed by atoms with Gasteiger partial charge in [-0.05, 0) is 28.3 Å². The average molecular weight is 257 g/mol. The second-order valence-electron chi connectivity index (χ2n) is 6.09. The molecule has 0 aliphatic heterocycles. The first-order valence-corrected chi connectivity index (χ1v) is 6.87. The summed E-state index contributed by atoms with van der Waals surface area (Å²) in [6.07, 6.45) is 0. The van der Waals surface area contributed by atoms with Gasteiger partial charge in [0, 0.05) is 13.1 Å². The van der Waals surface area contributed by atoms with Crippen molar-refractivity contribution >= 4 is 10.8 Å². The fraction of sp³-hybridized carbons (Fsp3) is 0.412. The number of hydrogen-bond donors (Lipinski definition) is 1. The molecule has 1 N–H and O–H groups in total. The van der Waals surface area contributed by atoms with E-state index in [1.807, 2.05) is 6.07 Å². The predicted molar refractivity (Wildman–Crippen MR) is 81.8 cm³/mol. The molecule has 0 heterocycles. The van der Waals surface area contributed by atoms with E-state index in [9.17, 15) is 0 Å². The van der Waals surface area contributed by atoms with Crippen LogP contribution >= 0.6 is 0 Å². The van der Waals surface area contributed by atoms with E-state index < -0.39 is 0 Å². The number of hydrogen-bond acceptors (Lipinski definition) is 2. The summed E-state index contributed by atoms with van der Waals surface area (Å²) >= 11 is 0. The summed E-state index contributed by atoms with van der Waals surface area (Å²) in [5.74, 6) is 0.941. The second-order valence-corrected chi connectivity index (χ2v) is 6.09. The van der Waals surface area contributed by atoms with Gasteiger partial charge < -0.3 is 10.1 Å². The van der Waals surface area contributed by atoms with E-state index in [2.05, 4.69) is 62.5 Å². The molecule has 0 unspecified atom stereocenters. The molecule has 0 aliphatic carbocycles. The van der Waals surface area contributed by atoms with Gasteiger partial charge in [-0.2, -0.15) is 0 Å². The van der Waals surface area contributed by atoms with Gasteiger partial charge in [-0.3, -0.25) is 0 Å². The molecular formula is C17H23NO. The van der Waals surface area contributed by atoms with Crippen LogP contribution in [0.3, 0.4) is 0 Å². The van der Waals surface area contributed by atoms with E-state index in [1.165, 1.54) is 10.8 Å². The molecule has 2 rings (SSSR count). The Hall–Kier alpha value is -1.54. The van der Waals surface area contributed by atoms with Crippen molar-refractivity contribution in [2.24, 2.45) is 5.41 Å². The zero-order chi connectivity index (χ0) is 13.7. The van der Waals surface area contributed by atoms with Gasteiger partial charge in [-0.1, -0.05) is 51.1 Å². The molecule has 0 saturated heterocycles. The molecule has 0 spiro atoms. The van der Waals surface area contributed by atoms with Crippen LogP contribution in [0.1, 0.15) is 20.8 Å². The Morgan fingerprint density at radius 1 is 1.00 bits per heavy atom. The van der Waals surface area contributed by atoms with Gasteiger partial charge >= 0.3 is 0 Å². The fourth-order valence-corrected chi connectivity index (χ4v) is 1.96. The lowest BCUT2D eigenvalue weighted by molar-refractivity contribution is 0.297. The predicted octanol–water partition coefficient (Wildman–Crippen LogP) is 3.85. The minimum atomic E-state index is 0.322. The van der Waals surface area contributed by atoms with Crippen LogP contribution < -0.4 is 10.1 Å². The quantitative estimate of drug-likeness (QED) is 0.821. The maximum Gasteiger partial charge on any atom is 0.120 e. The molecule has 0 saturated carbocycles. The van der Waals surface area contributed by atoms with Crippen LogP contribution in [0, 0.1) is 5.41 Å². The summed E-state index contributed by atoms with van der Waals surface area (Å²) in [7, 11) is 0. The van der Waals surface area contributed by atoms with E-state index in [-0.39, 0.29) is 0 Å². The van der Waals surface area contributed by atoms with Crippen LogP contribution in [-0.2, 0) is 0 Å². The highest BCUT2D eigenvalue weighted by Gasteiger charge is 2.08. The first kappa shape index (κ1) is 13.9. The molecule has 2 aromatic carbocycles. The van der Waals surface area contributed by atoms with E-state index >= 15 is 0 Å². The van der Waals surface area contributed by atoms with Crippen molar-refractivity contribution in [3.8, 4) is 5.75 Å². The van der Waals surface area contributed by atoms with E-state index in [4.69, 9.17) is 4.74 Å². The third-order valence-corrected chi connectivity index (χ3v) is 2.92. The fourth-order valence-electron chi connectivity index (χ4n) is 1.96. The maximum absolute atomic E-state index is 5.77. The molecule has 0 fully saturated rings. The number of ether oxygens (including phenoxy) is 1. The van der Waals surface area contributed by atoms with Crippen molar-refractivity contribution in [3.05, 3.63) is 42.5 Å². The number of rotatable bonds is 5. The Bertz CT molecular complexity index is 528. The molecule has 0 atom stereocenters. The van der Waals surface area contributed by atoms with Crippen LogP contribution in [0.2, 0.25) is 0 Å². The molecule has 0 aromatic heterocycles. The van der Waals surface area contributed by atoms with Gasteiger partial charge in [0.2, 0.25) is 0 Å². The molecule has 0 radical (unpaired) electrons. The molecular weight excluding hydrogens is 234 g/mol. The third kappa shape index (κ3) is 4.56. The molecule has 102 valence electrons. The summed E-state index contributed by atoms with van der Waals surface area (Å²) in [6, 6.07) is 14.6. The highest BCUT2D eigenvalue weighted by atomic mass is 16.5. The van der Waals surface area contributed by atoms with Crippen LogP contribution in [0.4, 0.5) is 0 Å². The van der Waals surface area contributed by atoms with E-state index in [0.29, 0.717) is 12.0 Å². The summed E-state index contributed by atoms with van der Waals surface area (Å²) in [5, 5.41) is 5.88. The van der Waals surface area contributed by atoms with E-state index in [1.54, 1.807) is 0 Å². The molecule has 0 aliphatic rings. The van der Waals surface area contributed by atoms with Crippen molar-refractivity contribution in [2.75, 3.05) is 19.7 Å². The van der Waals surface area contributed by atoms with Crippen LogP contribution in [0.5, 0.6) is 5.75 Å². The largest absolute Gasteiger partial charge is 0.492 e. The highest BCUT2D eigenvalue weighted by Crippen LogP contribution is 2.20. The van der Waals surface area contributed by atoms with E-state index in [0.717, 1.165) is 18.8 Å². The Morgan fingerprint density at radius 2 is 1.74 bits per heavy atom. The molecule has 19 heavy (non-hydrogen) atoms. The Labute approximate surface area is 115 Å². The summed E-state index contributed by atoms with van der Waals surface area (Å²) in [4.78, 5) is 0. The monoisotopic (exact) mass is 257 g/mol. The van der Waals surface area contributed by atoms with Gasteiger partial charge in [0.05, 0.1) is 0 Å². The molecule has 2 nitrogen and oxygen atoms in total. The second kappa shape index (κ2) is 6.07. The summed E-state index contributed by atoms with van der Waals surface area (Å²) in [5.41, 5.74) is 0.322. The number of benzene rings is 2. The maximum atomic E-state index is 5.77. The van der Waals surface area contributed by atoms with Crippen molar-refractivity contribution in [1.82, 2.24) is 5.32 Å². The number of fused-ring (bicyclic) bond motifs is 1. The van der Waals surface area contributed by atoms with Crippen molar-refractivity contribution in [1.29, 1.82) is 0 Å². The lowest BCUT2D eigenvalue weighted by Crippen LogP contribution is -2.30. The molecule has 0 bridgehead atoms. The smallest absolute Gasteiger partial charge is 0.120 e. The minimum Gasteiger partial charge on any atom is -0.492 e. The Kier molecular flexibility index (Phi) is 4.43. The standard InChI is InChI=1S/C17H23NO/c1-17(2,3)13-18-10-11-19-16-9-8-14-6-4-5-7-15(14)12-16/h4-9,12,18H,10-11,13H2,1-3H3. The van der Waals surface area contributed by atoms with Gasteiger partial charge in [0.25, 0.3) is 0 Å². The van der Waals surface area contributed by atoms with Crippen LogP contribution in [0.25, 0.3) is 10.8 Å². The zero-order valence-corrected chi connectivity index (χ0v) is 12.1. The van der Waals surface area contributed by atoms with Gasteiger partial charge in [-0.25, -0.2) is 0 Å². The summed E-state index contributed by atoms with van der Waals surface area (Å²) in [6.45, 7) is 9.27. The first-order chi connectivity index (χ1) is 9.04. The van der Waals surface area contributed by atoms with Crippen molar-refractivity contribution in [3.63, 3.8) is 0 Å². The SMILES string of the molecule is CC(C)(C)CNCCOc1ccc2ccccc2c1. The molecule has 2 aromatic rings. The lowest BCUT2D eigenvalue weighted by atomic mass is 9.97. The molecule has 2 heteroatoms. The van der Waals surface area contributed by atoms with Crippen LogP contribution in [-0.4, -0.2) is 19.7 Å². The number of nitrogens with one attached hydrogen (secondary N) is 1. The van der Waals surface area contributed by atoms with Crippen molar-refractivity contribution < 1.29 is 4.74 Å². The zero-order valence-electron chi connectivity index (χ0n) is 12.1. The lowest BCUT2D eigenvalue weighted by Gasteiger charge is -2.18. The van der Waals surface area contributed by atoms with Gasteiger partial charge in [0.1, 0.15) is 12.4 Å². The summed E-state index contributed by atoms with van der Waals surface area (Å²) < 4.78 is 5.77. The normalized spacial score (nSPS) is 11.7. The third-order valence-electron chi connectivity index (χ3n) is 2.92. The first-order valence-electron chi connectivity index (χ1n) is 6.87. The highest BCUT2D eigenvalue weighted by molar-refractivity contribution is 5.83. The van der Waals surface area contributed by atoms with Gasteiger partial charge in [0.15, 0.2) is 0 Å². The Balaban J connectivity index is 1.82. The molecule has 0 amide bonds.